The van der Waals surface area contributed by atoms with Crippen LogP contribution in [0.5, 0.6) is 5.75 Å². The molecule has 0 aliphatic carbocycles. The summed E-state index contributed by atoms with van der Waals surface area (Å²) in [6.45, 7) is 0.562. The quantitative estimate of drug-likeness (QED) is 0.912. The van der Waals surface area contributed by atoms with Crippen molar-refractivity contribution in [3.8, 4) is 5.75 Å². The molecule has 1 aliphatic rings. The highest BCUT2D eigenvalue weighted by atomic mass is 32.2. The summed E-state index contributed by atoms with van der Waals surface area (Å²) in [5.74, 6) is 0.290. The molecule has 126 valence electrons. The molecule has 0 saturated carbocycles. The molecule has 24 heavy (non-hydrogen) atoms. The second kappa shape index (κ2) is 6.62. The second-order valence-electron chi connectivity index (χ2n) is 5.58. The minimum absolute atomic E-state index is 0.00568. The van der Waals surface area contributed by atoms with Crippen LogP contribution in [-0.4, -0.2) is 27.5 Å². The Balaban J connectivity index is 1.66. The average molecular weight is 346 g/mol. The summed E-state index contributed by atoms with van der Waals surface area (Å²) in [7, 11) is -3.73. The number of rotatable bonds is 4. The average Bonchev–Trinajstić information content (AvgIpc) is 2.59. The summed E-state index contributed by atoms with van der Waals surface area (Å²) in [6.07, 6.45) is 1.89. The number of nitrogens with zero attached hydrogens (tertiary/aromatic N) is 1. The van der Waals surface area contributed by atoms with Gasteiger partial charge in [-0.15, -0.1) is 0 Å². The fourth-order valence-electron chi connectivity index (χ4n) is 2.74. The topological polar surface area (TPSA) is 89.7 Å². The SMILES string of the molecule is NS(=O)(=O)c1ccc(OCC(=O)N2CCCc3ccccc32)cc1. The van der Waals surface area contributed by atoms with Crippen LogP contribution in [-0.2, 0) is 21.2 Å². The summed E-state index contributed by atoms with van der Waals surface area (Å²) >= 11 is 0. The highest BCUT2D eigenvalue weighted by Crippen LogP contribution is 2.26. The first-order chi connectivity index (χ1) is 11.4. The summed E-state index contributed by atoms with van der Waals surface area (Å²) in [6, 6.07) is 13.5. The van der Waals surface area contributed by atoms with E-state index in [1.165, 1.54) is 24.3 Å². The summed E-state index contributed by atoms with van der Waals surface area (Å²) in [5, 5.41) is 5.04. The largest absolute Gasteiger partial charge is 0.484 e. The van der Waals surface area contributed by atoms with Gasteiger partial charge in [-0.2, -0.15) is 0 Å². The number of amides is 1. The van der Waals surface area contributed by atoms with Crippen molar-refractivity contribution in [2.75, 3.05) is 18.1 Å². The number of hydrogen-bond acceptors (Lipinski definition) is 4. The van der Waals surface area contributed by atoms with Crippen LogP contribution in [0.4, 0.5) is 5.69 Å². The van der Waals surface area contributed by atoms with E-state index >= 15 is 0 Å². The van der Waals surface area contributed by atoms with Crippen molar-refractivity contribution in [3.05, 3.63) is 54.1 Å². The number of carbonyl (C=O) groups is 1. The van der Waals surface area contributed by atoms with Crippen molar-refractivity contribution in [1.29, 1.82) is 0 Å². The van der Waals surface area contributed by atoms with E-state index < -0.39 is 10.0 Å². The number of anilines is 1. The van der Waals surface area contributed by atoms with Crippen LogP contribution in [0.2, 0.25) is 0 Å². The van der Waals surface area contributed by atoms with Crippen LogP contribution in [0, 0.1) is 0 Å². The Bertz CT molecular complexity index is 847. The van der Waals surface area contributed by atoms with Gasteiger partial charge in [0.25, 0.3) is 5.91 Å². The Hall–Kier alpha value is -2.38. The smallest absolute Gasteiger partial charge is 0.264 e. The molecule has 0 spiro atoms. The molecule has 2 aromatic carbocycles. The van der Waals surface area contributed by atoms with Gasteiger partial charge in [0.2, 0.25) is 10.0 Å². The zero-order chi connectivity index (χ0) is 17.2. The Morgan fingerprint density at radius 3 is 2.54 bits per heavy atom. The van der Waals surface area contributed by atoms with Gasteiger partial charge in [0.05, 0.1) is 4.90 Å². The molecular formula is C17H18N2O4S. The number of sulfonamides is 1. The minimum Gasteiger partial charge on any atom is -0.484 e. The number of carbonyl (C=O) groups excluding carboxylic acids is 1. The molecule has 0 radical (unpaired) electrons. The van der Waals surface area contributed by atoms with Gasteiger partial charge >= 0.3 is 0 Å². The van der Waals surface area contributed by atoms with E-state index in [1.807, 2.05) is 24.3 Å². The van der Waals surface area contributed by atoms with Crippen LogP contribution in [0.3, 0.4) is 0 Å². The molecule has 1 heterocycles. The first-order valence-electron chi connectivity index (χ1n) is 7.59. The van der Waals surface area contributed by atoms with Crippen molar-refractivity contribution >= 4 is 21.6 Å². The minimum atomic E-state index is -3.73. The van der Waals surface area contributed by atoms with Gasteiger partial charge in [0.15, 0.2) is 6.61 Å². The molecule has 1 amide bonds. The van der Waals surface area contributed by atoms with Gasteiger partial charge in [0, 0.05) is 12.2 Å². The van der Waals surface area contributed by atoms with Crippen LogP contribution < -0.4 is 14.8 Å². The van der Waals surface area contributed by atoms with E-state index in [0.717, 1.165) is 24.1 Å². The third-order valence-electron chi connectivity index (χ3n) is 3.93. The van der Waals surface area contributed by atoms with Gasteiger partial charge in [0.1, 0.15) is 5.75 Å². The van der Waals surface area contributed by atoms with Gasteiger partial charge in [-0.1, -0.05) is 18.2 Å². The predicted molar refractivity (Wildman–Crippen MR) is 90.4 cm³/mol. The number of para-hydroxylation sites is 1. The maximum absolute atomic E-state index is 12.4. The Labute approximate surface area is 140 Å². The van der Waals surface area contributed by atoms with Crippen LogP contribution >= 0.6 is 0 Å². The van der Waals surface area contributed by atoms with Crippen LogP contribution in [0.25, 0.3) is 0 Å². The first-order valence-corrected chi connectivity index (χ1v) is 9.14. The van der Waals surface area contributed by atoms with E-state index in [-0.39, 0.29) is 17.4 Å². The van der Waals surface area contributed by atoms with Crippen LogP contribution in [0.1, 0.15) is 12.0 Å². The van der Waals surface area contributed by atoms with Crippen LogP contribution in [0.15, 0.2) is 53.4 Å². The second-order valence-corrected chi connectivity index (χ2v) is 7.14. The highest BCUT2D eigenvalue weighted by Gasteiger charge is 2.22. The van der Waals surface area contributed by atoms with Crippen molar-refractivity contribution < 1.29 is 17.9 Å². The fraction of sp³-hybridized carbons (Fsp3) is 0.235. The van der Waals surface area contributed by atoms with Gasteiger partial charge in [-0.25, -0.2) is 13.6 Å². The van der Waals surface area contributed by atoms with E-state index in [0.29, 0.717) is 12.3 Å². The van der Waals surface area contributed by atoms with Crippen molar-refractivity contribution in [3.63, 3.8) is 0 Å². The lowest BCUT2D eigenvalue weighted by Crippen LogP contribution is -2.38. The van der Waals surface area contributed by atoms with E-state index in [1.54, 1.807) is 4.90 Å². The van der Waals surface area contributed by atoms with Gasteiger partial charge < -0.3 is 9.64 Å². The molecule has 0 unspecified atom stereocenters. The molecule has 0 bridgehead atoms. The zero-order valence-electron chi connectivity index (χ0n) is 13.0. The monoisotopic (exact) mass is 346 g/mol. The lowest BCUT2D eigenvalue weighted by molar-refractivity contribution is -0.120. The standard InChI is InChI=1S/C17H18N2O4S/c18-24(21,22)15-9-7-14(8-10-15)23-12-17(20)19-11-3-5-13-4-1-2-6-16(13)19/h1-2,4,6-10H,3,5,11-12H2,(H2,18,21,22). The Morgan fingerprint density at radius 1 is 1.12 bits per heavy atom. The van der Waals surface area contributed by atoms with E-state index in [9.17, 15) is 13.2 Å². The molecule has 0 atom stereocenters. The Kier molecular flexibility index (Phi) is 4.55. The molecule has 2 N–H and O–H groups in total. The third kappa shape index (κ3) is 3.58. The lowest BCUT2D eigenvalue weighted by Gasteiger charge is -2.29. The summed E-state index contributed by atoms with van der Waals surface area (Å²) in [5.41, 5.74) is 2.09. The molecule has 0 aromatic heterocycles. The molecule has 0 fully saturated rings. The number of fused-ring (bicyclic) bond motifs is 1. The number of nitrogens with two attached hydrogens (primary N) is 1. The van der Waals surface area contributed by atoms with Crippen molar-refractivity contribution in [1.82, 2.24) is 0 Å². The summed E-state index contributed by atoms with van der Waals surface area (Å²) in [4.78, 5) is 14.2. The van der Waals surface area contributed by atoms with Gasteiger partial charge in [-0.05, 0) is 48.7 Å². The highest BCUT2D eigenvalue weighted by molar-refractivity contribution is 7.89. The van der Waals surface area contributed by atoms with Gasteiger partial charge in [-0.3, -0.25) is 4.79 Å². The molecular weight excluding hydrogens is 328 g/mol. The molecule has 1 aliphatic heterocycles. The Morgan fingerprint density at radius 2 is 1.83 bits per heavy atom. The molecule has 0 saturated heterocycles. The third-order valence-corrected chi connectivity index (χ3v) is 4.86. The molecule has 7 heteroatoms. The number of benzene rings is 2. The molecule has 2 aromatic rings. The number of hydrogen-bond donors (Lipinski definition) is 1. The zero-order valence-corrected chi connectivity index (χ0v) is 13.8. The number of ether oxygens (including phenoxy) is 1. The van der Waals surface area contributed by atoms with Crippen molar-refractivity contribution in [2.45, 2.75) is 17.7 Å². The first kappa shape index (κ1) is 16.5. The van der Waals surface area contributed by atoms with E-state index in [4.69, 9.17) is 9.88 Å². The number of primary sulfonamides is 1. The fourth-order valence-corrected chi connectivity index (χ4v) is 3.26. The summed E-state index contributed by atoms with van der Waals surface area (Å²) < 4.78 is 27.9. The normalized spacial score (nSPS) is 14.1. The molecule has 6 nitrogen and oxygen atoms in total. The maximum Gasteiger partial charge on any atom is 0.264 e. The number of aryl methyl sites for hydroxylation is 1. The molecule has 3 rings (SSSR count). The maximum atomic E-state index is 12.4. The van der Waals surface area contributed by atoms with E-state index in [2.05, 4.69) is 0 Å². The lowest BCUT2D eigenvalue weighted by atomic mass is 10.0. The predicted octanol–water partition coefficient (Wildman–Crippen LogP) is 1.69. The van der Waals surface area contributed by atoms with Crippen molar-refractivity contribution in [2.24, 2.45) is 5.14 Å².